The number of aromatic nitrogens is 1. The van der Waals surface area contributed by atoms with E-state index in [1.807, 2.05) is 19.1 Å². The van der Waals surface area contributed by atoms with Crippen molar-refractivity contribution in [1.82, 2.24) is 4.98 Å². The van der Waals surface area contributed by atoms with Gasteiger partial charge in [0.25, 0.3) is 0 Å². The molecular formula is C11H14ClNO2S. The van der Waals surface area contributed by atoms with Gasteiger partial charge >= 0.3 is 5.97 Å². The number of carbonyl (C=O) groups is 1. The van der Waals surface area contributed by atoms with Crippen molar-refractivity contribution in [2.24, 2.45) is 0 Å². The van der Waals surface area contributed by atoms with Gasteiger partial charge in [0.2, 0.25) is 0 Å². The van der Waals surface area contributed by atoms with Crippen molar-refractivity contribution in [3.8, 4) is 0 Å². The predicted molar refractivity (Wildman–Crippen MR) is 66.6 cm³/mol. The monoisotopic (exact) mass is 259 g/mol. The SMILES string of the molecule is COC(=O)CC(C)SCc1cccc(Cl)n1. The molecule has 0 saturated carbocycles. The summed E-state index contributed by atoms with van der Waals surface area (Å²) in [6.45, 7) is 1.99. The smallest absolute Gasteiger partial charge is 0.306 e. The fraction of sp³-hybridized carbons (Fsp3) is 0.455. The first-order valence-electron chi connectivity index (χ1n) is 4.91. The highest BCUT2D eigenvalue weighted by Crippen LogP contribution is 2.20. The van der Waals surface area contributed by atoms with Crippen LogP contribution >= 0.6 is 23.4 Å². The van der Waals surface area contributed by atoms with E-state index in [4.69, 9.17) is 11.6 Å². The number of hydrogen-bond donors (Lipinski definition) is 0. The Kier molecular flexibility index (Phi) is 5.63. The van der Waals surface area contributed by atoms with Crippen LogP contribution in [0.5, 0.6) is 0 Å². The number of esters is 1. The Morgan fingerprint density at radius 2 is 2.38 bits per heavy atom. The molecule has 0 fully saturated rings. The van der Waals surface area contributed by atoms with Gasteiger partial charge in [0, 0.05) is 11.0 Å². The Balaban J connectivity index is 2.37. The van der Waals surface area contributed by atoms with Crippen molar-refractivity contribution in [2.75, 3.05) is 7.11 Å². The van der Waals surface area contributed by atoms with E-state index in [9.17, 15) is 4.79 Å². The van der Waals surface area contributed by atoms with Crippen molar-refractivity contribution in [3.05, 3.63) is 29.0 Å². The van der Waals surface area contributed by atoms with Gasteiger partial charge in [0.1, 0.15) is 5.15 Å². The van der Waals surface area contributed by atoms with E-state index < -0.39 is 0 Å². The lowest BCUT2D eigenvalue weighted by Gasteiger charge is -2.09. The van der Waals surface area contributed by atoms with E-state index in [1.165, 1.54) is 7.11 Å². The van der Waals surface area contributed by atoms with Crippen LogP contribution in [0.25, 0.3) is 0 Å². The standard InChI is InChI=1S/C11H14ClNO2S/c1-8(6-11(14)15-2)16-7-9-4-3-5-10(12)13-9/h3-5,8H,6-7H2,1-2H3. The summed E-state index contributed by atoms with van der Waals surface area (Å²) >= 11 is 7.43. The Morgan fingerprint density at radius 1 is 1.62 bits per heavy atom. The van der Waals surface area contributed by atoms with Crippen molar-refractivity contribution in [2.45, 2.75) is 24.3 Å². The fourth-order valence-corrected chi connectivity index (χ4v) is 2.19. The molecule has 0 radical (unpaired) electrons. The number of pyridine rings is 1. The van der Waals surface area contributed by atoms with Gasteiger partial charge in [0.05, 0.1) is 19.2 Å². The van der Waals surface area contributed by atoms with Crippen LogP contribution in [0.2, 0.25) is 5.15 Å². The van der Waals surface area contributed by atoms with Crippen LogP contribution in [0.1, 0.15) is 19.0 Å². The number of rotatable bonds is 5. The molecule has 0 spiro atoms. The van der Waals surface area contributed by atoms with Crippen LogP contribution < -0.4 is 0 Å². The molecule has 3 nitrogen and oxygen atoms in total. The number of nitrogens with zero attached hydrogens (tertiary/aromatic N) is 1. The van der Waals surface area contributed by atoms with Gasteiger partial charge in [-0.3, -0.25) is 4.79 Å². The molecule has 0 aliphatic rings. The van der Waals surface area contributed by atoms with E-state index in [2.05, 4.69) is 9.72 Å². The second-order valence-electron chi connectivity index (χ2n) is 3.35. The summed E-state index contributed by atoms with van der Waals surface area (Å²) in [5.41, 5.74) is 0.925. The largest absolute Gasteiger partial charge is 0.469 e. The van der Waals surface area contributed by atoms with Gasteiger partial charge < -0.3 is 4.74 Å². The fourth-order valence-electron chi connectivity index (χ4n) is 1.14. The Morgan fingerprint density at radius 3 is 3.00 bits per heavy atom. The zero-order valence-electron chi connectivity index (χ0n) is 9.27. The minimum absolute atomic E-state index is 0.181. The molecule has 0 aliphatic carbocycles. The molecule has 1 aromatic heterocycles. The van der Waals surface area contributed by atoms with E-state index in [0.717, 1.165) is 11.4 Å². The van der Waals surface area contributed by atoms with Crippen molar-refractivity contribution < 1.29 is 9.53 Å². The number of carbonyl (C=O) groups excluding carboxylic acids is 1. The topological polar surface area (TPSA) is 39.2 Å². The number of hydrogen-bond acceptors (Lipinski definition) is 4. The van der Waals surface area contributed by atoms with Gasteiger partial charge in [-0.05, 0) is 12.1 Å². The summed E-state index contributed by atoms with van der Waals surface area (Å²) in [5, 5.41) is 0.715. The highest BCUT2D eigenvalue weighted by molar-refractivity contribution is 7.99. The zero-order chi connectivity index (χ0) is 12.0. The van der Waals surface area contributed by atoms with E-state index in [-0.39, 0.29) is 11.2 Å². The predicted octanol–water partition coefficient (Wildman–Crippen LogP) is 2.92. The lowest BCUT2D eigenvalue weighted by atomic mass is 10.3. The molecule has 0 N–H and O–H groups in total. The van der Waals surface area contributed by atoms with Crippen molar-refractivity contribution in [1.29, 1.82) is 0 Å². The Labute approximate surface area is 105 Å². The molecule has 88 valence electrons. The maximum Gasteiger partial charge on any atom is 0.306 e. The molecule has 0 bridgehead atoms. The van der Waals surface area contributed by atoms with Gasteiger partial charge in [-0.1, -0.05) is 24.6 Å². The van der Waals surface area contributed by atoms with E-state index in [1.54, 1.807) is 17.8 Å². The third-order valence-corrected chi connectivity index (χ3v) is 3.38. The van der Waals surface area contributed by atoms with Gasteiger partial charge in [-0.15, -0.1) is 0 Å². The van der Waals surface area contributed by atoms with Gasteiger partial charge in [-0.25, -0.2) is 4.98 Å². The van der Waals surface area contributed by atoms with Crippen LogP contribution in [-0.2, 0) is 15.3 Å². The average Bonchev–Trinajstić information content (AvgIpc) is 2.26. The minimum atomic E-state index is -0.181. The average molecular weight is 260 g/mol. The van der Waals surface area contributed by atoms with Crippen molar-refractivity contribution in [3.63, 3.8) is 0 Å². The van der Waals surface area contributed by atoms with Crippen LogP contribution in [0.4, 0.5) is 0 Å². The number of thioether (sulfide) groups is 1. The third-order valence-electron chi connectivity index (χ3n) is 1.97. The first-order chi connectivity index (χ1) is 7.61. The van der Waals surface area contributed by atoms with Crippen LogP contribution in [0.3, 0.4) is 0 Å². The molecule has 1 rings (SSSR count). The first-order valence-corrected chi connectivity index (χ1v) is 6.34. The molecule has 0 saturated heterocycles. The van der Waals surface area contributed by atoms with Gasteiger partial charge in [-0.2, -0.15) is 11.8 Å². The number of methoxy groups -OCH3 is 1. The first kappa shape index (κ1) is 13.3. The van der Waals surface area contributed by atoms with E-state index >= 15 is 0 Å². The second kappa shape index (κ2) is 6.76. The minimum Gasteiger partial charge on any atom is -0.469 e. The maximum atomic E-state index is 11.0. The molecular weight excluding hydrogens is 246 g/mol. The third kappa shape index (κ3) is 4.86. The molecule has 0 amide bonds. The summed E-state index contributed by atoms with van der Waals surface area (Å²) in [7, 11) is 1.40. The van der Waals surface area contributed by atoms with E-state index in [0.29, 0.717) is 11.6 Å². The molecule has 5 heteroatoms. The summed E-state index contributed by atoms with van der Waals surface area (Å²) in [6, 6.07) is 5.54. The lowest BCUT2D eigenvalue weighted by Crippen LogP contribution is -2.08. The summed E-state index contributed by atoms with van der Waals surface area (Å²) in [4.78, 5) is 15.2. The summed E-state index contributed by atoms with van der Waals surface area (Å²) < 4.78 is 4.60. The molecule has 1 atom stereocenters. The quantitative estimate of drug-likeness (QED) is 0.602. The maximum absolute atomic E-state index is 11.0. The molecule has 1 aromatic rings. The molecule has 1 unspecified atom stereocenters. The number of ether oxygens (including phenoxy) is 1. The van der Waals surface area contributed by atoms with Gasteiger partial charge in [0.15, 0.2) is 0 Å². The zero-order valence-corrected chi connectivity index (χ0v) is 10.8. The van der Waals surface area contributed by atoms with Crippen molar-refractivity contribution >= 4 is 29.3 Å². The molecule has 0 aliphatic heterocycles. The molecule has 0 aromatic carbocycles. The van der Waals surface area contributed by atoms with Crippen LogP contribution in [-0.4, -0.2) is 23.3 Å². The Bertz CT molecular complexity index is 360. The normalized spacial score (nSPS) is 12.2. The van der Waals surface area contributed by atoms with Crippen LogP contribution in [0, 0.1) is 0 Å². The van der Waals surface area contributed by atoms with Crippen LogP contribution in [0.15, 0.2) is 18.2 Å². The Hall–Kier alpha value is -0.740. The summed E-state index contributed by atoms with van der Waals surface area (Å²) in [5.74, 6) is 0.567. The molecule has 1 heterocycles. The number of halogens is 1. The summed E-state index contributed by atoms with van der Waals surface area (Å²) in [6.07, 6.45) is 0.418. The highest BCUT2D eigenvalue weighted by atomic mass is 35.5. The molecule has 16 heavy (non-hydrogen) atoms. The second-order valence-corrected chi connectivity index (χ2v) is 5.17. The highest BCUT2D eigenvalue weighted by Gasteiger charge is 2.09. The lowest BCUT2D eigenvalue weighted by molar-refractivity contribution is -0.140.